The quantitative estimate of drug-likeness (QED) is 0.300. The molecule has 1 aliphatic rings. The number of carbonyl (C=O) groups excluding carboxylic acids is 2. The Bertz CT molecular complexity index is 202. The Labute approximate surface area is 56.4 Å². The Morgan fingerprint density at radius 3 is 2.30 bits per heavy atom. The molecule has 10 heavy (non-hydrogen) atoms. The van der Waals surface area contributed by atoms with E-state index in [9.17, 15) is 9.59 Å². The van der Waals surface area contributed by atoms with Crippen molar-refractivity contribution in [3.05, 3.63) is 5.08 Å². The molecule has 0 spiro atoms. The molecule has 0 aromatic heterocycles. The van der Waals surface area contributed by atoms with E-state index in [-0.39, 0.29) is 24.7 Å². The zero-order valence-corrected chi connectivity index (χ0v) is 5.07. The van der Waals surface area contributed by atoms with Crippen LogP contribution in [0, 0.1) is 5.39 Å². The Hall–Kier alpha value is -1.64. The number of diazo groups is 1. The highest BCUT2D eigenvalue weighted by molar-refractivity contribution is 6.01. The van der Waals surface area contributed by atoms with E-state index in [4.69, 9.17) is 5.39 Å². The van der Waals surface area contributed by atoms with Gasteiger partial charge >= 0.3 is 5.08 Å². The molecule has 2 amide bonds. The number of nitrogens with one attached hydrogen (secondary N) is 1. The summed E-state index contributed by atoms with van der Waals surface area (Å²) in [6.07, 6.45) is 0.364. The zero-order valence-electron chi connectivity index (χ0n) is 5.07. The average molecular weight is 141 g/mol. The molecule has 1 aliphatic heterocycles. The number of hydrogen-bond acceptors (Lipinski definition) is 4. The van der Waals surface area contributed by atoms with Gasteiger partial charge in [-0.2, -0.15) is 0 Å². The van der Waals surface area contributed by atoms with Gasteiger partial charge in [0.15, 0.2) is 0 Å². The van der Waals surface area contributed by atoms with Crippen LogP contribution in [0.15, 0.2) is 0 Å². The molecule has 0 unspecified atom stereocenters. The molecule has 1 fully saturated rings. The lowest BCUT2D eigenvalue weighted by atomic mass is 10.4. The van der Waals surface area contributed by atoms with Crippen molar-refractivity contribution in [1.82, 2.24) is 10.5 Å². The topological polar surface area (TPSA) is 77.6 Å². The van der Waals surface area contributed by atoms with Gasteiger partial charge in [0.25, 0.3) is 17.2 Å². The summed E-state index contributed by atoms with van der Waals surface area (Å²) in [6.45, 7) is 0. The third-order valence-electron chi connectivity index (χ3n) is 1.20. The molecular formula is C4H5N4O2+. The van der Waals surface area contributed by atoms with Gasteiger partial charge in [-0.3, -0.25) is 9.59 Å². The number of imide groups is 1. The smallest absolute Gasteiger partial charge is 0.272 e. The van der Waals surface area contributed by atoms with Crippen molar-refractivity contribution in [2.45, 2.75) is 12.8 Å². The first-order valence-corrected chi connectivity index (χ1v) is 2.71. The maximum atomic E-state index is 10.6. The predicted octanol–water partition coefficient (Wildman–Crippen LogP) is -0.592. The van der Waals surface area contributed by atoms with E-state index in [0.29, 0.717) is 5.01 Å². The molecule has 1 heterocycles. The van der Waals surface area contributed by atoms with Crippen LogP contribution >= 0.6 is 0 Å². The van der Waals surface area contributed by atoms with E-state index in [1.54, 1.807) is 0 Å². The van der Waals surface area contributed by atoms with Crippen LogP contribution in [0.5, 0.6) is 0 Å². The fourth-order valence-corrected chi connectivity index (χ4v) is 0.733. The Balaban J connectivity index is 2.65. The van der Waals surface area contributed by atoms with Gasteiger partial charge in [-0.15, -0.1) is 5.01 Å². The predicted molar refractivity (Wildman–Crippen MR) is 29.3 cm³/mol. The third-order valence-corrected chi connectivity index (χ3v) is 1.20. The SMILES string of the molecule is N#[N+]NN1C(=O)CCC1=O. The van der Waals surface area contributed by atoms with Crippen molar-refractivity contribution < 1.29 is 9.59 Å². The maximum Gasteiger partial charge on any atom is 0.326 e. The average Bonchev–Trinajstić information content (AvgIpc) is 2.20. The summed E-state index contributed by atoms with van der Waals surface area (Å²) in [5.74, 6) is -0.745. The highest BCUT2D eigenvalue weighted by Gasteiger charge is 2.32. The second-order valence-corrected chi connectivity index (χ2v) is 1.82. The molecule has 0 aromatic rings. The molecule has 1 N–H and O–H groups in total. The summed E-state index contributed by atoms with van der Waals surface area (Å²) in [5.41, 5.74) is 1.86. The molecule has 0 bridgehead atoms. The van der Waals surface area contributed by atoms with Crippen molar-refractivity contribution >= 4 is 11.8 Å². The zero-order chi connectivity index (χ0) is 7.56. The van der Waals surface area contributed by atoms with Crippen LogP contribution in [0.25, 0.3) is 5.08 Å². The fraction of sp³-hybridized carbons (Fsp3) is 0.500. The Kier molecular flexibility index (Phi) is 1.49. The van der Waals surface area contributed by atoms with Crippen molar-refractivity contribution in [1.29, 1.82) is 5.39 Å². The molecule has 1 saturated heterocycles. The van der Waals surface area contributed by atoms with Crippen LogP contribution in [-0.2, 0) is 9.59 Å². The number of rotatable bonds is 1. The van der Waals surface area contributed by atoms with Gasteiger partial charge in [0.1, 0.15) is 0 Å². The standard InChI is InChI=1S/C4H5N4O2/c5-6-7-8-3(9)1-2-4(8)10/h7H,1-2H2/q+1. The number of nitrogens with zero attached hydrogens (tertiary/aromatic N) is 3. The van der Waals surface area contributed by atoms with Crippen molar-refractivity contribution in [3.63, 3.8) is 0 Å². The monoisotopic (exact) mass is 141 g/mol. The van der Waals surface area contributed by atoms with E-state index in [2.05, 4.69) is 5.08 Å². The molecule has 0 radical (unpaired) electrons. The molecular weight excluding hydrogens is 136 g/mol. The summed E-state index contributed by atoms with van der Waals surface area (Å²) in [4.78, 5) is 21.3. The maximum absolute atomic E-state index is 10.6. The number of hydrogen-bond donors (Lipinski definition) is 1. The van der Waals surface area contributed by atoms with Gasteiger partial charge < -0.3 is 0 Å². The first-order valence-electron chi connectivity index (χ1n) is 2.71. The largest absolute Gasteiger partial charge is 0.326 e. The molecule has 6 nitrogen and oxygen atoms in total. The molecule has 0 aliphatic carbocycles. The van der Waals surface area contributed by atoms with Gasteiger partial charge in [0, 0.05) is 12.8 Å². The molecule has 0 atom stereocenters. The minimum Gasteiger partial charge on any atom is -0.272 e. The molecule has 52 valence electrons. The van der Waals surface area contributed by atoms with E-state index in [1.165, 1.54) is 0 Å². The second kappa shape index (κ2) is 2.31. The van der Waals surface area contributed by atoms with E-state index >= 15 is 0 Å². The van der Waals surface area contributed by atoms with E-state index < -0.39 is 0 Å². The first-order chi connectivity index (χ1) is 4.75. The van der Waals surface area contributed by atoms with Crippen molar-refractivity contribution in [2.24, 2.45) is 0 Å². The lowest BCUT2D eigenvalue weighted by Crippen LogP contribution is -2.37. The van der Waals surface area contributed by atoms with Crippen LogP contribution in [-0.4, -0.2) is 16.8 Å². The van der Waals surface area contributed by atoms with Gasteiger partial charge in [0.05, 0.1) is 5.53 Å². The molecule has 1 rings (SSSR count). The minimum atomic E-state index is -0.372. The van der Waals surface area contributed by atoms with Gasteiger partial charge in [-0.05, 0) is 0 Å². The van der Waals surface area contributed by atoms with Crippen LogP contribution in [0.1, 0.15) is 12.8 Å². The molecule has 0 saturated carbocycles. The second-order valence-electron chi connectivity index (χ2n) is 1.82. The first kappa shape index (κ1) is 6.48. The van der Waals surface area contributed by atoms with Gasteiger partial charge in [0.2, 0.25) is 0 Å². The van der Waals surface area contributed by atoms with Gasteiger partial charge in [-0.25, -0.2) is 0 Å². The lowest BCUT2D eigenvalue weighted by Gasteiger charge is -1.99. The van der Waals surface area contributed by atoms with Crippen LogP contribution < -0.4 is 5.53 Å². The Morgan fingerprint density at radius 2 is 1.90 bits per heavy atom. The van der Waals surface area contributed by atoms with Crippen LogP contribution in [0.4, 0.5) is 0 Å². The van der Waals surface area contributed by atoms with Crippen molar-refractivity contribution in [2.75, 3.05) is 0 Å². The van der Waals surface area contributed by atoms with E-state index in [0.717, 1.165) is 0 Å². The summed E-state index contributed by atoms with van der Waals surface area (Å²) >= 11 is 0. The Morgan fingerprint density at radius 1 is 1.40 bits per heavy atom. The normalized spacial score (nSPS) is 17.3. The number of carbonyl (C=O) groups is 2. The molecule has 0 aromatic carbocycles. The van der Waals surface area contributed by atoms with Crippen molar-refractivity contribution in [3.8, 4) is 0 Å². The fourth-order valence-electron chi connectivity index (χ4n) is 0.733. The summed E-state index contributed by atoms with van der Waals surface area (Å²) in [5, 5.41) is 11.1. The van der Waals surface area contributed by atoms with Gasteiger partial charge in [-0.1, -0.05) is 0 Å². The highest BCUT2D eigenvalue weighted by Crippen LogP contribution is 2.07. The minimum absolute atomic E-state index is 0.182. The summed E-state index contributed by atoms with van der Waals surface area (Å²) in [7, 11) is 0. The highest BCUT2D eigenvalue weighted by atomic mass is 16.2. The van der Waals surface area contributed by atoms with Crippen LogP contribution in [0.3, 0.4) is 0 Å². The van der Waals surface area contributed by atoms with E-state index in [1.807, 2.05) is 5.53 Å². The van der Waals surface area contributed by atoms with Crippen LogP contribution in [0.2, 0.25) is 0 Å². The summed E-state index contributed by atoms with van der Waals surface area (Å²) < 4.78 is 0. The number of amides is 2. The summed E-state index contributed by atoms with van der Waals surface area (Å²) in [6, 6.07) is 0. The lowest BCUT2D eigenvalue weighted by molar-refractivity contribution is -0.141. The molecule has 6 heteroatoms. The number of hydrazine groups is 1. The third kappa shape index (κ3) is 0.886.